The summed E-state index contributed by atoms with van der Waals surface area (Å²) in [4.78, 5) is 0. The molecule has 0 heterocycles. The van der Waals surface area contributed by atoms with E-state index >= 15 is 0 Å². The molecule has 5 unspecified atom stereocenters. The van der Waals surface area contributed by atoms with Crippen LogP contribution in [0.3, 0.4) is 0 Å². The fourth-order valence-corrected chi connectivity index (χ4v) is 9.19. The van der Waals surface area contributed by atoms with Crippen LogP contribution in [0.5, 0.6) is 0 Å². The molecule has 0 radical (unpaired) electrons. The Morgan fingerprint density at radius 3 is 2.56 bits per heavy atom. The molecule has 0 aromatic rings. The van der Waals surface area contributed by atoms with Crippen LogP contribution in [-0.2, 0) is 0 Å². The average Bonchev–Trinajstić information content (AvgIpc) is 3.02. The Kier molecular flexibility index (Phi) is 3.80. The number of aliphatic hydroxyl groups excluding tert-OH is 1. The van der Waals surface area contributed by atoms with Crippen molar-refractivity contribution < 1.29 is 5.11 Å². The molecule has 0 amide bonds. The van der Waals surface area contributed by atoms with E-state index in [4.69, 9.17) is 0 Å². The minimum absolute atomic E-state index is 0.0323. The lowest BCUT2D eigenvalue weighted by atomic mass is 9.43. The highest BCUT2D eigenvalue weighted by Gasteiger charge is 2.63. The molecule has 9 atom stereocenters. The van der Waals surface area contributed by atoms with Crippen molar-refractivity contribution in [1.82, 2.24) is 0 Å². The number of nitrogens with zero attached hydrogens (tertiary/aromatic N) is 1. The van der Waals surface area contributed by atoms with E-state index in [9.17, 15) is 10.4 Å². The van der Waals surface area contributed by atoms with Crippen LogP contribution in [0.1, 0.15) is 84.0 Å². The van der Waals surface area contributed by atoms with Crippen molar-refractivity contribution in [3.8, 4) is 6.07 Å². The molecule has 0 bridgehead atoms. The Labute approximate surface area is 153 Å². The maximum absolute atomic E-state index is 10.2. The third kappa shape index (κ3) is 2.17. The van der Waals surface area contributed by atoms with Gasteiger partial charge in [-0.05, 0) is 111 Å². The molecule has 2 heteroatoms. The molecular formula is C23H35NO. The van der Waals surface area contributed by atoms with Gasteiger partial charge in [0.25, 0.3) is 0 Å². The number of hydrogen-bond acceptors (Lipinski definition) is 2. The van der Waals surface area contributed by atoms with Gasteiger partial charge in [-0.25, -0.2) is 0 Å². The fraction of sp³-hybridized carbons (Fsp3) is 0.957. The zero-order chi connectivity index (χ0) is 17.2. The summed E-state index contributed by atoms with van der Waals surface area (Å²) < 4.78 is 0. The van der Waals surface area contributed by atoms with Crippen LogP contribution in [0.15, 0.2) is 0 Å². The molecular weight excluding hydrogens is 306 g/mol. The predicted molar refractivity (Wildman–Crippen MR) is 98.5 cm³/mol. The first-order chi connectivity index (χ1) is 12.1. The summed E-state index contributed by atoms with van der Waals surface area (Å²) in [5.41, 5.74) is 1.03. The lowest BCUT2D eigenvalue weighted by Crippen LogP contribution is -2.55. The second-order valence-corrected chi connectivity index (χ2v) is 10.7. The molecule has 2 nitrogen and oxygen atoms in total. The lowest BCUT2D eigenvalue weighted by Gasteiger charge is -2.62. The molecule has 1 N–H and O–H groups in total. The largest absolute Gasteiger partial charge is 0.393 e. The summed E-state index contributed by atoms with van der Waals surface area (Å²) in [7, 11) is 0. The van der Waals surface area contributed by atoms with Crippen LogP contribution in [0.25, 0.3) is 0 Å². The van der Waals surface area contributed by atoms with Gasteiger partial charge in [0.1, 0.15) is 0 Å². The quantitative estimate of drug-likeness (QED) is 0.649. The minimum atomic E-state index is -0.0323. The van der Waals surface area contributed by atoms with Gasteiger partial charge in [-0.1, -0.05) is 13.3 Å². The first-order valence-electron chi connectivity index (χ1n) is 11.2. The Hall–Kier alpha value is -0.550. The van der Waals surface area contributed by atoms with E-state index < -0.39 is 0 Å². The molecule has 5 rings (SSSR count). The predicted octanol–water partition coefficient (Wildman–Crippen LogP) is 5.31. The van der Waals surface area contributed by atoms with E-state index in [1.54, 1.807) is 0 Å². The van der Waals surface area contributed by atoms with Gasteiger partial charge in [0.05, 0.1) is 12.2 Å². The van der Waals surface area contributed by atoms with Crippen molar-refractivity contribution in [2.75, 3.05) is 0 Å². The number of nitriles is 1. The van der Waals surface area contributed by atoms with E-state index in [-0.39, 0.29) is 6.10 Å². The second kappa shape index (κ2) is 5.72. The molecule has 0 saturated heterocycles. The van der Waals surface area contributed by atoms with Gasteiger partial charge in [-0.2, -0.15) is 5.26 Å². The van der Waals surface area contributed by atoms with E-state index in [0.29, 0.717) is 16.7 Å². The van der Waals surface area contributed by atoms with Crippen molar-refractivity contribution in [1.29, 1.82) is 5.26 Å². The van der Waals surface area contributed by atoms with Crippen LogP contribution in [0.2, 0.25) is 0 Å². The summed E-state index contributed by atoms with van der Waals surface area (Å²) in [5, 5.41) is 19.9. The van der Waals surface area contributed by atoms with Gasteiger partial charge in [0, 0.05) is 5.92 Å². The van der Waals surface area contributed by atoms with Crippen molar-refractivity contribution >= 4 is 0 Å². The van der Waals surface area contributed by atoms with Crippen molar-refractivity contribution in [3.63, 3.8) is 0 Å². The lowest BCUT2D eigenvalue weighted by molar-refractivity contribution is -0.138. The highest BCUT2D eigenvalue weighted by atomic mass is 16.3. The van der Waals surface area contributed by atoms with Gasteiger partial charge in [-0.15, -0.1) is 0 Å². The molecule has 5 aliphatic carbocycles. The summed E-state index contributed by atoms with van der Waals surface area (Å²) in [5.74, 6) is 4.57. The maximum Gasteiger partial charge on any atom is 0.0658 e. The first-order valence-corrected chi connectivity index (χ1v) is 11.2. The third-order valence-electron chi connectivity index (χ3n) is 10.2. The van der Waals surface area contributed by atoms with Crippen molar-refractivity contribution in [2.24, 2.45) is 46.3 Å². The third-order valence-corrected chi connectivity index (χ3v) is 10.2. The fourth-order valence-electron chi connectivity index (χ4n) is 9.19. The van der Waals surface area contributed by atoms with Gasteiger partial charge in [0.15, 0.2) is 0 Å². The molecule has 25 heavy (non-hydrogen) atoms. The minimum Gasteiger partial charge on any atom is -0.393 e. The van der Waals surface area contributed by atoms with E-state index in [2.05, 4.69) is 13.0 Å². The van der Waals surface area contributed by atoms with Crippen LogP contribution < -0.4 is 0 Å². The number of fused-ring (bicyclic) bond motifs is 4. The van der Waals surface area contributed by atoms with Crippen LogP contribution in [-0.4, -0.2) is 11.2 Å². The normalized spacial score (nSPS) is 57.6. The molecule has 0 aromatic heterocycles. The second-order valence-electron chi connectivity index (χ2n) is 10.7. The van der Waals surface area contributed by atoms with Crippen molar-refractivity contribution in [3.05, 3.63) is 0 Å². The Bertz CT molecular complexity index is 581. The highest BCUT2D eigenvalue weighted by molar-refractivity contribution is 5.14. The molecule has 5 fully saturated rings. The molecule has 0 aliphatic heterocycles. The van der Waals surface area contributed by atoms with Crippen LogP contribution in [0.4, 0.5) is 0 Å². The molecule has 5 saturated carbocycles. The molecule has 0 aromatic carbocycles. The molecule has 1 spiro atoms. The highest BCUT2D eigenvalue weighted by Crippen LogP contribution is 2.70. The van der Waals surface area contributed by atoms with Gasteiger partial charge in [0.2, 0.25) is 0 Å². The Balaban J connectivity index is 1.45. The molecule has 138 valence electrons. The Morgan fingerprint density at radius 2 is 1.72 bits per heavy atom. The van der Waals surface area contributed by atoms with E-state index in [1.165, 1.54) is 64.2 Å². The summed E-state index contributed by atoms with van der Waals surface area (Å²) in [6.07, 6.45) is 15.5. The number of rotatable bonds is 0. The Morgan fingerprint density at radius 1 is 0.880 bits per heavy atom. The zero-order valence-corrected chi connectivity index (χ0v) is 15.9. The molecule has 5 aliphatic rings. The topological polar surface area (TPSA) is 44.0 Å². The van der Waals surface area contributed by atoms with Gasteiger partial charge in [-0.3, -0.25) is 0 Å². The standard InChI is InChI=1S/C23H35NO/c1-22-11-8-17(25)13-16(22)4-5-18-20(22)9-12-23-10-2-3-15(14-24)19(23)6-7-21(18)23/h15-21,25H,2-13H2,1H3/t15-,16+,17-,18?,19?,20?,21?,22+,23?/m1/s1. The summed E-state index contributed by atoms with van der Waals surface area (Å²) in [6.45, 7) is 2.59. The summed E-state index contributed by atoms with van der Waals surface area (Å²) >= 11 is 0. The SMILES string of the molecule is C[C@]12CC[C@@H](O)C[C@@H]1CCC1C3CCC4[C@@H](C#N)CCCC34CCC12. The summed E-state index contributed by atoms with van der Waals surface area (Å²) in [6, 6.07) is 2.71. The van der Waals surface area contributed by atoms with Gasteiger partial charge >= 0.3 is 0 Å². The monoisotopic (exact) mass is 341 g/mol. The van der Waals surface area contributed by atoms with Crippen LogP contribution in [0, 0.1) is 57.7 Å². The maximum atomic E-state index is 10.2. The smallest absolute Gasteiger partial charge is 0.0658 e. The van der Waals surface area contributed by atoms with Crippen molar-refractivity contribution in [2.45, 2.75) is 90.1 Å². The van der Waals surface area contributed by atoms with Crippen LogP contribution >= 0.6 is 0 Å². The van der Waals surface area contributed by atoms with Gasteiger partial charge < -0.3 is 5.11 Å². The zero-order valence-electron chi connectivity index (χ0n) is 15.9. The van der Waals surface area contributed by atoms with E-state index in [1.807, 2.05) is 0 Å². The average molecular weight is 342 g/mol. The van der Waals surface area contributed by atoms with E-state index in [0.717, 1.165) is 42.4 Å². The number of aliphatic hydroxyl groups is 1. The number of hydrogen-bond donors (Lipinski definition) is 1. The first kappa shape index (κ1) is 16.6.